The molecule has 0 bridgehead atoms. The van der Waals surface area contributed by atoms with Gasteiger partial charge in [-0.25, -0.2) is 4.39 Å². The Labute approximate surface area is 169 Å². The molecule has 2 aromatic rings. The van der Waals surface area contributed by atoms with Crippen LogP contribution in [0.4, 0.5) is 10.1 Å². The van der Waals surface area contributed by atoms with E-state index in [2.05, 4.69) is 0 Å². The third-order valence-electron chi connectivity index (χ3n) is 4.80. The van der Waals surface area contributed by atoms with Gasteiger partial charge in [-0.15, -0.1) is 0 Å². The van der Waals surface area contributed by atoms with Gasteiger partial charge in [-0.1, -0.05) is 12.1 Å². The molecule has 7 heteroatoms. The Kier molecular flexibility index (Phi) is 6.35. The van der Waals surface area contributed by atoms with E-state index in [1.165, 1.54) is 26.4 Å². The molecule has 1 aliphatic rings. The second kappa shape index (κ2) is 9.11. The Hall–Kier alpha value is -3.53. The molecular weight excluding hydrogens is 373 g/mol. The third kappa shape index (κ3) is 4.66. The highest BCUT2D eigenvalue weighted by molar-refractivity contribution is 6.01. The molecule has 1 saturated heterocycles. The van der Waals surface area contributed by atoms with Crippen LogP contribution >= 0.6 is 0 Å². The minimum Gasteiger partial charge on any atom is -0.497 e. The summed E-state index contributed by atoms with van der Waals surface area (Å²) in [5.41, 5.74) is 1.19. The van der Waals surface area contributed by atoms with Crippen molar-refractivity contribution >= 4 is 17.7 Å². The highest BCUT2D eigenvalue weighted by Crippen LogP contribution is 2.25. The van der Waals surface area contributed by atoms with E-state index < -0.39 is 0 Å². The van der Waals surface area contributed by atoms with Gasteiger partial charge >= 0.3 is 0 Å². The fourth-order valence-electron chi connectivity index (χ4n) is 3.25. The highest BCUT2D eigenvalue weighted by atomic mass is 19.1. The summed E-state index contributed by atoms with van der Waals surface area (Å²) in [7, 11) is 3.07. The van der Waals surface area contributed by atoms with Crippen LogP contribution in [0, 0.1) is 17.1 Å². The number of carbonyl (C=O) groups is 1. The van der Waals surface area contributed by atoms with E-state index >= 15 is 0 Å². The van der Waals surface area contributed by atoms with E-state index in [1.54, 1.807) is 41.3 Å². The Balaban J connectivity index is 1.73. The molecule has 0 spiro atoms. The van der Waals surface area contributed by atoms with Gasteiger partial charge in [-0.05, 0) is 35.9 Å². The zero-order valence-corrected chi connectivity index (χ0v) is 16.4. The van der Waals surface area contributed by atoms with Gasteiger partial charge in [0, 0.05) is 32.2 Å². The van der Waals surface area contributed by atoms with Crippen molar-refractivity contribution in [1.29, 1.82) is 5.26 Å². The number of nitrogens with zero attached hydrogens (tertiary/aromatic N) is 3. The minimum absolute atomic E-state index is 0.0275. The average molecular weight is 395 g/mol. The van der Waals surface area contributed by atoms with Gasteiger partial charge < -0.3 is 19.3 Å². The molecule has 0 aromatic heterocycles. The summed E-state index contributed by atoms with van der Waals surface area (Å²) in [4.78, 5) is 16.4. The predicted octanol–water partition coefficient (Wildman–Crippen LogP) is 3.10. The first-order valence-electron chi connectivity index (χ1n) is 9.19. The zero-order valence-electron chi connectivity index (χ0n) is 16.4. The van der Waals surface area contributed by atoms with Crippen LogP contribution in [0.2, 0.25) is 0 Å². The summed E-state index contributed by atoms with van der Waals surface area (Å²) in [6.07, 6.45) is 1.52. The number of piperazine rings is 1. The van der Waals surface area contributed by atoms with Gasteiger partial charge in [-0.3, -0.25) is 4.79 Å². The van der Waals surface area contributed by atoms with E-state index in [9.17, 15) is 14.4 Å². The summed E-state index contributed by atoms with van der Waals surface area (Å²) in [6, 6.07) is 13.7. The average Bonchev–Trinajstić information content (AvgIpc) is 2.77. The zero-order chi connectivity index (χ0) is 20.8. The number of benzene rings is 2. The first kappa shape index (κ1) is 20.2. The number of hydrogen-bond donors (Lipinski definition) is 0. The molecule has 1 amide bonds. The van der Waals surface area contributed by atoms with E-state index in [1.807, 2.05) is 11.0 Å². The van der Waals surface area contributed by atoms with E-state index in [-0.39, 0.29) is 17.3 Å². The first-order chi connectivity index (χ1) is 14.0. The number of rotatable bonds is 5. The van der Waals surface area contributed by atoms with Crippen LogP contribution in [0.25, 0.3) is 6.08 Å². The normalized spacial score (nSPS) is 14.3. The van der Waals surface area contributed by atoms with Crippen molar-refractivity contribution in [2.75, 3.05) is 45.3 Å². The lowest BCUT2D eigenvalue weighted by Crippen LogP contribution is -2.49. The maximum atomic E-state index is 14.0. The van der Waals surface area contributed by atoms with Crippen LogP contribution in [-0.4, -0.2) is 51.2 Å². The molecule has 0 N–H and O–H groups in total. The number of halogens is 1. The largest absolute Gasteiger partial charge is 0.497 e. The van der Waals surface area contributed by atoms with Crippen molar-refractivity contribution in [3.8, 4) is 17.6 Å². The van der Waals surface area contributed by atoms with Crippen LogP contribution in [0.5, 0.6) is 11.5 Å². The molecule has 2 aromatic carbocycles. The standard InChI is InChI=1S/C22H22FN3O3/c1-28-18-12-16(13-19(14-18)29-2)11-17(15-24)22(27)26-9-7-25(8-10-26)21-6-4-3-5-20(21)23/h3-6,11-14H,7-10H2,1-2H3/b17-11+. The van der Waals surface area contributed by atoms with Crippen LogP contribution in [0.3, 0.4) is 0 Å². The molecule has 150 valence electrons. The van der Waals surface area contributed by atoms with Gasteiger partial charge in [-0.2, -0.15) is 5.26 Å². The number of carbonyl (C=O) groups excluding carboxylic acids is 1. The summed E-state index contributed by atoms with van der Waals surface area (Å²) < 4.78 is 24.4. The summed E-state index contributed by atoms with van der Waals surface area (Å²) in [5, 5.41) is 9.52. The van der Waals surface area contributed by atoms with Gasteiger partial charge in [0.05, 0.1) is 19.9 Å². The van der Waals surface area contributed by atoms with Gasteiger partial charge in [0.15, 0.2) is 0 Å². The highest BCUT2D eigenvalue weighted by Gasteiger charge is 2.25. The predicted molar refractivity (Wildman–Crippen MR) is 108 cm³/mol. The number of para-hydroxylation sites is 1. The number of nitriles is 1. The van der Waals surface area contributed by atoms with Crippen molar-refractivity contribution in [2.45, 2.75) is 0 Å². The lowest BCUT2D eigenvalue weighted by Gasteiger charge is -2.36. The summed E-state index contributed by atoms with van der Waals surface area (Å²) in [6.45, 7) is 1.82. The van der Waals surface area contributed by atoms with Gasteiger partial charge in [0.1, 0.15) is 29.0 Å². The Bertz CT molecular complexity index is 938. The lowest BCUT2D eigenvalue weighted by atomic mass is 10.1. The Morgan fingerprint density at radius 1 is 1.07 bits per heavy atom. The van der Waals surface area contributed by atoms with Gasteiger partial charge in [0.2, 0.25) is 0 Å². The molecule has 0 radical (unpaired) electrons. The molecule has 1 fully saturated rings. The van der Waals surface area contributed by atoms with Crippen molar-refractivity contribution in [3.63, 3.8) is 0 Å². The van der Waals surface area contributed by atoms with Crippen molar-refractivity contribution < 1.29 is 18.7 Å². The van der Waals surface area contributed by atoms with E-state index in [4.69, 9.17) is 9.47 Å². The monoisotopic (exact) mass is 395 g/mol. The maximum Gasteiger partial charge on any atom is 0.264 e. The molecule has 3 rings (SSSR count). The third-order valence-corrected chi connectivity index (χ3v) is 4.80. The second-order valence-electron chi connectivity index (χ2n) is 6.55. The quantitative estimate of drug-likeness (QED) is 0.575. The fourth-order valence-corrected chi connectivity index (χ4v) is 3.25. The molecule has 29 heavy (non-hydrogen) atoms. The van der Waals surface area contributed by atoms with Gasteiger partial charge in [0.25, 0.3) is 5.91 Å². The van der Waals surface area contributed by atoms with Crippen molar-refractivity contribution in [1.82, 2.24) is 4.90 Å². The van der Waals surface area contributed by atoms with E-state index in [0.717, 1.165) is 0 Å². The molecule has 0 unspecified atom stereocenters. The summed E-state index contributed by atoms with van der Waals surface area (Å²) >= 11 is 0. The minimum atomic E-state index is -0.345. The number of ether oxygens (including phenoxy) is 2. The fraction of sp³-hybridized carbons (Fsp3) is 0.273. The number of anilines is 1. The Morgan fingerprint density at radius 3 is 2.24 bits per heavy atom. The SMILES string of the molecule is COc1cc(/C=C(\C#N)C(=O)N2CCN(c3ccccc3F)CC2)cc(OC)c1. The Morgan fingerprint density at radius 2 is 1.69 bits per heavy atom. The molecule has 0 atom stereocenters. The smallest absolute Gasteiger partial charge is 0.264 e. The number of hydrogen-bond acceptors (Lipinski definition) is 5. The molecule has 6 nitrogen and oxygen atoms in total. The maximum absolute atomic E-state index is 14.0. The summed E-state index contributed by atoms with van der Waals surface area (Å²) in [5.74, 6) is 0.511. The number of methoxy groups -OCH3 is 2. The van der Waals surface area contributed by atoms with Crippen LogP contribution in [-0.2, 0) is 4.79 Å². The van der Waals surface area contributed by atoms with Crippen molar-refractivity contribution in [2.24, 2.45) is 0 Å². The molecule has 0 saturated carbocycles. The van der Waals surface area contributed by atoms with Crippen LogP contribution < -0.4 is 14.4 Å². The molecule has 1 aliphatic heterocycles. The topological polar surface area (TPSA) is 65.8 Å². The molecular formula is C22H22FN3O3. The number of amides is 1. The lowest BCUT2D eigenvalue weighted by molar-refractivity contribution is -0.126. The van der Waals surface area contributed by atoms with Crippen LogP contribution in [0.1, 0.15) is 5.56 Å². The molecule has 0 aliphatic carbocycles. The first-order valence-corrected chi connectivity index (χ1v) is 9.19. The molecule has 1 heterocycles. The van der Waals surface area contributed by atoms with E-state index in [0.29, 0.717) is 48.9 Å². The van der Waals surface area contributed by atoms with Crippen molar-refractivity contribution in [3.05, 3.63) is 59.4 Å². The van der Waals surface area contributed by atoms with Crippen LogP contribution in [0.15, 0.2) is 48.0 Å². The second-order valence-corrected chi connectivity index (χ2v) is 6.55.